The molecule has 1 amide bonds. The summed E-state index contributed by atoms with van der Waals surface area (Å²) < 4.78 is 20.6. The Morgan fingerprint density at radius 2 is 2.13 bits per heavy atom. The van der Waals surface area contributed by atoms with Crippen LogP contribution in [-0.2, 0) is 24.4 Å². The molecule has 0 radical (unpaired) electrons. The van der Waals surface area contributed by atoms with Crippen LogP contribution in [0.2, 0.25) is 0 Å². The number of carbonyl (C=O) groups is 1. The van der Waals surface area contributed by atoms with E-state index in [-0.39, 0.29) is 36.4 Å². The van der Waals surface area contributed by atoms with Gasteiger partial charge in [-0.1, -0.05) is 12.6 Å². The fourth-order valence-electron chi connectivity index (χ4n) is 5.72. The van der Waals surface area contributed by atoms with Gasteiger partial charge in [0.1, 0.15) is 30.0 Å². The maximum atomic E-state index is 14.5. The normalized spacial score (nSPS) is 21.6. The molecule has 2 fully saturated rings. The third-order valence-corrected chi connectivity index (χ3v) is 7.90. The van der Waals surface area contributed by atoms with Gasteiger partial charge in [-0.15, -0.1) is 0 Å². The first kappa shape index (κ1) is 26.8. The van der Waals surface area contributed by atoms with Crippen LogP contribution < -0.4 is 9.64 Å². The second kappa shape index (κ2) is 11.6. The number of likely N-dealkylation sites (N-methyl/N-ethyl adjacent to an activating group) is 1. The zero-order chi connectivity index (χ0) is 27.5. The summed E-state index contributed by atoms with van der Waals surface area (Å²) in [5.41, 5.74) is 1.97. The van der Waals surface area contributed by atoms with E-state index in [1.54, 1.807) is 4.90 Å². The molecule has 3 aliphatic rings. The predicted octanol–water partition coefficient (Wildman–Crippen LogP) is 2.43. The van der Waals surface area contributed by atoms with E-state index < -0.39 is 5.82 Å². The highest BCUT2D eigenvalue weighted by molar-refractivity contribution is 5.87. The Hall–Kier alpha value is -3.75. The highest BCUT2D eigenvalue weighted by Crippen LogP contribution is 2.34. The minimum atomic E-state index is -0.452. The number of phenols is 1. The minimum absolute atomic E-state index is 0.0769. The molecule has 0 bridgehead atoms. The molecule has 1 aromatic carbocycles. The molecule has 3 aliphatic heterocycles. The number of hydrogen-bond donors (Lipinski definition) is 1. The van der Waals surface area contributed by atoms with Crippen LogP contribution in [0, 0.1) is 12.4 Å². The lowest BCUT2D eigenvalue weighted by atomic mass is 10.1. The third kappa shape index (κ3) is 5.67. The number of hydrogen-bond acceptors (Lipinski definition) is 8. The summed E-state index contributed by atoms with van der Waals surface area (Å²) in [6.45, 7) is 15.3. The topological polar surface area (TPSA) is 89.6 Å². The summed E-state index contributed by atoms with van der Waals surface area (Å²) in [6.07, 6.45) is 3.48. The van der Waals surface area contributed by atoms with Crippen LogP contribution >= 0.6 is 0 Å². The molecule has 2 aromatic rings. The molecule has 2 saturated heterocycles. The number of benzene rings is 1. The van der Waals surface area contributed by atoms with E-state index in [9.17, 15) is 14.3 Å². The van der Waals surface area contributed by atoms with Gasteiger partial charge in [0.2, 0.25) is 12.5 Å². The quantitative estimate of drug-likeness (QED) is 0.407. The molecule has 0 saturated carbocycles. The molecule has 2 atom stereocenters. The second-order valence-corrected chi connectivity index (χ2v) is 10.4. The number of phenolic OH excluding ortho intramolecular Hbond substituents is 1. The Balaban J connectivity index is 1.42. The molecule has 4 heterocycles. The first-order valence-electron chi connectivity index (χ1n) is 13.3. The van der Waals surface area contributed by atoms with Crippen molar-refractivity contribution in [1.82, 2.24) is 24.7 Å². The van der Waals surface area contributed by atoms with Gasteiger partial charge in [-0.2, -0.15) is 9.97 Å². The van der Waals surface area contributed by atoms with Gasteiger partial charge in [0.25, 0.3) is 0 Å². The number of piperazine rings is 1. The Morgan fingerprint density at radius 3 is 2.85 bits per heavy atom. The van der Waals surface area contributed by atoms with Crippen LogP contribution in [0.5, 0.6) is 11.8 Å². The van der Waals surface area contributed by atoms with Crippen molar-refractivity contribution in [1.29, 1.82) is 0 Å². The van der Waals surface area contributed by atoms with Crippen molar-refractivity contribution in [3.05, 3.63) is 64.9 Å². The first-order chi connectivity index (χ1) is 18.9. The predicted molar refractivity (Wildman–Crippen MR) is 144 cm³/mol. The van der Waals surface area contributed by atoms with Gasteiger partial charge >= 0.3 is 6.01 Å². The van der Waals surface area contributed by atoms with Crippen LogP contribution in [0.1, 0.15) is 29.7 Å². The number of anilines is 1. The number of ether oxygens (including phenoxy) is 1. The molecule has 0 spiro atoms. The first-order valence-corrected chi connectivity index (χ1v) is 13.3. The number of likely N-dealkylation sites (tertiary alicyclic amines) is 1. The molecule has 5 rings (SSSR count). The smallest absolute Gasteiger partial charge is 0.318 e. The van der Waals surface area contributed by atoms with E-state index in [0.29, 0.717) is 51.4 Å². The highest BCUT2D eigenvalue weighted by atomic mass is 19.1. The summed E-state index contributed by atoms with van der Waals surface area (Å²) in [4.78, 5) is 33.7. The van der Waals surface area contributed by atoms with Gasteiger partial charge in [0.15, 0.2) is 0 Å². The maximum absolute atomic E-state index is 14.5. The van der Waals surface area contributed by atoms with Crippen LogP contribution in [0.3, 0.4) is 0 Å². The number of rotatable bonds is 8. The van der Waals surface area contributed by atoms with Crippen molar-refractivity contribution >= 4 is 11.7 Å². The number of halogens is 1. The van der Waals surface area contributed by atoms with Gasteiger partial charge in [-0.3, -0.25) is 9.69 Å². The minimum Gasteiger partial charge on any atom is -0.508 e. The van der Waals surface area contributed by atoms with Crippen molar-refractivity contribution in [3.8, 4) is 11.8 Å². The van der Waals surface area contributed by atoms with Crippen molar-refractivity contribution in [2.24, 2.45) is 0 Å². The van der Waals surface area contributed by atoms with Gasteiger partial charge in [-0.25, -0.2) is 11.0 Å². The SMILES string of the molecule is [C-]#[N+]C[C@H]1CN(c2nc(OC[C@@H]3CCCN3C)nc3c2CN(Cc2c(O)cccc2F)C3)CCN1C(=O)C=C. The largest absolute Gasteiger partial charge is 0.508 e. The molecule has 1 aromatic heterocycles. The summed E-state index contributed by atoms with van der Waals surface area (Å²) >= 11 is 0. The van der Waals surface area contributed by atoms with Crippen molar-refractivity contribution in [2.75, 3.05) is 51.3 Å². The van der Waals surface area contributed by atoms with Gasteiger partial charge < -0.3 is 29.4 Å². The average Bonchev–Trinajstić information content (AvgIpc) is 3.54. The molecule has 0 aliphatic carbocycles. The average molecular weight is 536 g/mol. The lowest BCUT2D eigenvalue weighted by Crippen LogP contribution is -2.56. The molecule has 39 heavy (non-hydrogen) atoms. The highest BCUT2D eigenvalue weighted by Gasteiger charge is 2.36. The number of carbonyl (C=O) groups excluding carboxylic acids is 1. The number of amides is 1. The monoisotopic (exact) mass is 535 g/mol. The number of fused-ring (bicyclic) bond motifs is 1. The Kier molecular flexibility index (Phi) is 7.95. The van der Waals surface area contributed by atoms with E-state index in [2.05, 4.69) is 28.3 Å². The van der Waals surface area contributed by atoms with Crippen molar-refractivity contribution < 1.29 is 19.0 Å². The van der Waals surface area contributed by atoms with E-state index in [1.807, 2.05) is 4.90 Å². The molecule has 0 unspecified atom stereocenters. The summed E-state index contributed by atoms with van der Waals surface area (Å²) in [5, 5.41) is 10.2. The molecule has 11 heteroatoms. The Labute approximate surface area is 228 Å². The number of aromatic hydroxyl groups is 1. The lowest BCUT2D eigenvalue weighted by molar-refractivity contribution is -0.128. The van der Waals surface area contributed by atoms with Crippen LogP contribution in [0.4, 0.5) is 10.2 Å². The lowest BCUT2D eigenvalue weighted by Gasteiger charge is -2.40. The van der Waals surface area contributed by atoms with E-state index in [0.717, 1.165) is 36.5 Å². The number of aromatic nitrogens is 2. The van der Waals surface area contributed by atoms with Gasteiger partial charge in [0.05, 0.1) is 5.69 Å². The summed E-state index contributed by atoms with van der Waals surface area (Å²) in [7, 11) is 2.09. The standard InChI is InChI=1S/C28H34FN7O3/c1-4-26(38)36-12-11-35(14-20(36)13-30-2)27-22-16-34(15-21-23(29)8-5-9-25(21)37)17-24(22)31-28(32-27)39-18-19-7-6-10-33(19)3/h4-5,8-9,19-20,37H,1,6-7,10-18H2,3H3/t19-,20-/m0/s1. The molecule has 10 nitrogen and oxygen atoms in total. The van der Waals surface area contributed by atoms with Gasteiger partial charge in [-0.05, 0) is 44.6 Å². The van der Waals surface area contributed by atoms with Crippen molar-refractivity contribution in [2.45, 2.75) is 44.6 Å². The summed E-state index contributed by atoms with van der Waals surface area (Å²) in [5.74, 6) is 0.00596. The molecule has 1 N–H and O–H groups in total. The van der Waals surface area contributed by atoms with E-state index in [4.69, 9.17) is 21.3 Å². The number of nitrogens with zero attached hydrogens (tertiary/aromatic N) is 7. The fraction of sp³-hybridized carbons (Fsp3) is 0.500. The third-order valence-electron chi connectivity index (χ3n) is 7.90. The second-order valence-electron chi connectivity index (χ2n) is 10.4. The van der Waals surface area contributed by atoms with Crippen LogP contribution in [0.25, 0.3) is 4.85 Å². The Morgan fingerprint density at radius 1 is 1.28 bits per heavy atom. The van der Waals surface area contributed by atoms with E-state index in [1.165, 1.54) is 24.3 Å². The zero-order valence-electron chi connectivity index (χ0n) is 22.2. The van der Waals surface area contributed by atoms with E-state index >= 15 is 0 Å². The maximum Gasteiger partial charge on any atom is 0.318 e. The molecular formula is C28H34FN7O3. The zero-order valence-corrected chi connectivity index (χ0v) is 22.2. The Bertz CT molecular complexity index is 1260. The molecular weight excluding hydrogens is 501 g/mol. The van der Waals surface area contributed by atoms with Crippen molar-refractivity contribution in [3.63, 3.8) is 0 Å². The summed E-state index contributed by atoms with van der Waals surface area (Å²) in [6, 6.07) is 4.63. The van der Waals surface area contributed by atoms with Crippen LogP contribution in [-0.4, -0.2) is 94.1 Å². The molecule has 206 valence electrons. The van der Waals surface area contributed by atoms with Crippen LogP contribution in [0.15, 0.2) is 30.9 Å². The van der Waals surface area contributed by atoms with Gasteiger partial charge in [0, 0.05) is 56.4 Å². The fourth-order valence-corrected chi connectivity index (χ4v) is 5.72.